The lowest BCUT2D eigenvalue weighted by atomic mass is 10.00. The van der Waals surface area contributed by atoms with E-state index in [1.165, 1.54) is 12.1 Å². The summed E-state index contributed by atoms with van der Waals surface area (Å²) in [5.74, 6) is -0.361. The molecule has 0 amide bonds. The summed E-state index contributed by atoms with van der Waals surface area (Å²) in [6.07, 6.45) is -4.40. The van der Waals surface area contributed by atoms with Crippen LogP contribution in [0.5, 0.6) is 0 Å². The van der Waals surface area contributed by atoms with Crippen LogP contribution in [0.25, 0.3) is 21.9 Å². The first-order valence-corrected chi connectivity index (χ1v) is 6.14. The quantitative estimate of drug-likeness (QED) is 0.535. The fourth-order valence-electron chi connectivity index (χ4n) is 2.09. The van der Waals surface area contributed by atoms with Crippen molar-refractivity contribution >= 4 is 10.8 Å². The molecular weight excluding hydrogens is 280 g/mol. The second kappa shape index (κ2) is 4.88. The number of halogens is 4. The van der Waals surface area contributed by atoms with Gasteiger partial charge in [-0.15, -0.1) is 0 Å². The molecule has 0 bridgehead atoms. The van der Waals surface area contributed by atoms with Gasteiger partial charge in [0.25, 0.3) is 0 Å². The van der Waals surface area contributed by atoms with Crippen LogP contribution in [0.15, 0.2) is 48.5 Å². The van der Waals surface area contributed by atoms with Crippen LogP contribution in [-0.2, 0) is 6.18 Å². The summed E-state index contributed by atoms with van der Waals surface area (Å²) >= 11 is 0. The molecule has 0 fully saturated rings. The second-order valence-corrected chi connectivity index (χ2v) is 4.61. The number of alkyl halides is 3. The van der Waals surface area contributed by atoms with E-state index in [4.69, 9.17) is 0 Å². The molecule has 3 aromatic carbocycles. The summed E-state index contributed by atoms with van der Waals surface area (Å²) in [5.41, 5.74) is 0.258. The lowest BCUT2D eigenvalue weighted by Gasteiger charge is -2.08. The van der Waals surface area contributed by atoms with Gasteiger partial charge in [-0.25, -0.2) is 4.39 Å². The van der Waals surface area contributed by atoms with Crippen LogP contribution in [0.1, 0.15) is 5.56 Å². The normalized spacial score (nSPS) is 11.8. The molecule has 0 atom stereocenters. The maximum absolute atomic E-state index is 13.2. The van der Waals surface area contributed by atoms with Gasteiger partial charge in [-0.1, -0.05) is 18.2 Å². The number of fused-ring (bicyclic) bond motifs is 1. The average Bonchev–Trinajstić information content (AvgIpc) is 2.45. The van der Waals surface area contributed by atoms with E-state index in [2.05, 4.69) is 12.1 Å². The molecule has 0 aliphatic heterocycles. The Bertz CT molecular complexity index is 786. The van der Waals surface area contributed by atoms with Crippen molar-refractivity contribution in [1.29, 1.82) is 0 Å². The highest BCUT2D eigenvalue weighted by Gasteiger charge is 2.30. The molecule has 4 heteroatoms. The van der Waals surface area contributed by atoms with Crippen LogP contribution in [0, 0.1) is 17.9 Å². The van der Waals surface area contributed by atoms with Gasteiger partial charge >= 0.3 is 6.18 Å². The highest BCUT2D eigenvalue weighted by atomic mass is 19.4. The van der Waals surface area contributed by atoms with Crippen LogP contribution in [-0.4, -0.2) is 0 Å². The molecule has 0 spiro atoms. The number of benzene rings is 3. The molecule has 0 saturated heterocycles. The Morgan fingerprint density at radius 2 is 1.48 bits per heavy atom. The van der Waals surface area contributed by atoms with E-state index < -0.39 is 11.7 Å². The van der Waals surface area contributed by atoms with E-state index in [0.717, 1.165) is 17.5 Å². The van der Waals surface area contributed by atoms with Crippen LogP contribution < -0.4 is 0 Å². The number of rotatable bonds is 1. The average molecular weight is 288 g/mol. The molecule has 0 nitrogen and oxygen atoms in total. The summed E-state index contributed by atoms with van der Waals surface area (Å²) < 4.78 is 50.7. The highest BCUT2D eigenvalue weighted by molar-refractivity contribution is 5.87. The van der Waals surface area contributed by atoms with Crippen molar-refractivity contribution in [3.8, 4) is 11.1 Å². The topological polar surface area (TPSA) is 0 Å². The van der Waals surface area contributed by atoms with Gasteiger partial charge in [-0.3, -0.25) is 0 Å². The van der Waals surface area contributed by atoms with Crippen molar-refractivity contribution in [3.63, 3.8) is 0 Å². The van der Waals surface area contributed by atoms with Gasteiger partial charge in [0.05, 0.1) is 5.56 Å². The minimum absolute atomic E-state index is 0.361. The Kier molecular flexibility index (Phi) is 3.16. The van der Waals surface area contributed by atoms with Crippen LogP contribution >= 0.6 is 0 Å². The smallest absolute Gasteiger partial charge is 0.207 e. The molecule has 0 aromatic heterocycles. The van der Waals surface area contributed by atoms with Crippen molar-refractivity contribution in [2.75, 3.05) is 0 Å². The minimum atomic E-state index is -4.40. The Morgan fingerprint density at radius 1 is 0.810 bits per heavy atom. The molecule has 0 unspecified atom stereocenters. The van der Waals surface area contributed by atoms with Crippen molar-refractivity contribution in [2.45, 2.75) is 6.18 Å². The molecule has 3 rings (SSSR count). The molecule has 0 N–H and O–H groups in total. The van der Waals surface area contributed by atoms with Gasteiger partial charge in [0.1, 0.15) is 5.82 Å². The first-order chi connectivity index (χ1) is 9.93. The van der Waals surface area contributed by atoms with Crippen molar-refractivity contribution in [3.05, 3.63) is 72.0 Å². The van der Waals surface area contributed by atoms with Crippen molar-refractivity contribution < 1.29 is 17.6 Å². The maximum Gasteiger partial charge on any atom is 0.416 e. The summed E-state index contributed by atoms with van der Waals surface area (Å²) in [6.45, 7) is 0. The van der Waals surface area contributed by atoms with Gasteiger partial charge in [0.2, 0.25) is 0 Å². The van der Waals surface area contributed by atoms with E-state index in [0.29, 0.717) is 16.5 Å². The molecule has 0 aliphatic rings. The van der Waals surface area contributed by atoms with Gasteiger partial charge in [0, 0.05) is 0 Å². The van der Waals surface area contributed by atoms with Gasteiger partial charge in [-0.05, 0) is 64.4 Å². The molecule has 21 heavy (non-hydrogen) atoms. The van der Waals surface area contributed by atoms with E-state index >= 15 is 0 Å². The highest BCUT2D eigenvalue weighted by Crippen LogP contribution is 2.31. The Balaban J connectivity index is 2.04. The Hall–Kier alpha value is -2.36. The molecular formula is C17H8F4. The maximum atomic E-state index is 13.2. The monoisotopic (exact) mass is 288 g/mol. The van der Waals surface area contributed by atoms with Crippen molar-refractivity contribution in [2.24, 2.45) is 0 Å². The van der Waals surface area contributed by atoms with Gasteiger partial charge in [-0.2, -0.15) is 13.2 Å². The zero-order chi connectivity index (χ0) is 15.0. The van der Waals surface area contributed by atoms with Crippen LogP contribution in [0.4, 0.5) is 17.6 Å². The van der Waals surface area contributed by atoms with E-state index in [1.807, 2.05) is 0 Å². The Morgan fingerprint density at radius 3 is 2.14 bits per heavy atom. The van der Waals surface area contributed by atoms with Gasteiger partial charge < -0.3 is 0 Å². The standard InChI is InChI=1S/C17H8F4/c18-16-8-5-12-1-2-13(9-14(12)10-16)11-3-6-15(7-4-11)17(19,20)21/h1-2,5-10H. The fraction of sp³-hybridized carbons (Fsp3) is 0.0588. The summed E-state index contributed by atoms with van der Waals surface area (Å²) in [5, 5.41) is 1.53. The largest absolute Gasteiger partial charge is 0.416 e. The predicted octanol–water partition coefficient (Wildman–Crippen LogP) is 5.27. The van der Waals surface area contributed by atoms with Crippen molar-refractivity contribution in [1.82, 2.24) is 0 Å². The van der Waals surface area contributed by atoms with Gasteiger partial charge in [0.15, 0.2) is 0 Å². The lowest BCUT2D eigenvalue weighted by molar-refractivity contribution is -0.137. The number of hydrogen-bond donors (Lipinski definition) is 0. The third-order valence-electron chi connectivity index (χ3n) is 3.16. The lowest BCUT2D eigenvalue weighted by Crippen LogP contribution is -2.04. The first-order valence-electron chi connectivity index (χ1n) is 6.14. The number of hydrogen-bond acceptors (Lipinski definition) is 0. The second-order valence-electron chi connectivity index (χ2n) is 4.61. The zero-order valence-corrected chi connectivity index (χ0v) is 10.6. The first kappa shape index (κ1) is 13.6. The fourth-order valence-corrected chi connectivity index (χ4v) is 2.09. The van der Waals surface area contributed by atoms with Crippen LogP contribution in [0.3, 0.4) is 0 Å². The zero-order valence-electron chi connectivity index (χ0n) is 10.6. The van der Waals surface area contributed by atoms with E-state index in [-0.39, 0.29) is 5.82 Å². The predicted molar refractivity (Wildman–Crippen MR) is 72.0 cm³/mol. The molecule has 0 aliphatic carbocycles. The van der Waals surface area contributed by atoms with Crippen LogP contribution in [0.2, 0.25) is 0 Å². The molecule has 0 heterocycles. The Labute approximate surface area is 118 Å². The summed E-state index contributed by atoms with van der Waals surface area (Å²) in [6, 6.07) is 16.5. The molecule has 0 saturated carbocycles. The summed E-state index contributed by atoms with van der Waals surface area (Å²) in [7, 11) is 0. The van der Waals surface area contributed by atoms with E-state index in [9.17, 15) is 17.6 Å². The third-order valence-corrected chi connectivity index (χ3v) is 3.16. The SMILES string of the molecule is Fc1ccc2ccc(-c3[c]cc(C(F)(F)F)c[c]3)cc2c1. The molecule has 2 radical (unpaired) electrons. The molecule has 104 valence electrons. The third kappa shape index (κ3) is 2.75. The minimum Gasteiger partial charge on any atom is -0.207 e. The van der Waals surface area contributed by atoms with E-state index in [1.54, 1.807) is 24.3 Å². The summed E-state index contributed by atoms with van der Waals surface area (Å²) in [4.78, 5) is 0. The molecule has 3 aromatic rings.